The summed E-state index contributed by atoms with van der Waals surface area (Å²) in [5.74, 6) is -0.168. The molecule has 0 saturated carbocycles. The molecule has 0 spiro atoms. The van der Waals surface area contributed by atoms with Crippen molar-refractivity contribution >= 4 is 34.4 Å². The number of fused-ring (bicyclic) bond motifs is 1. The third-order valence-corrected chi connectivity index (χ3v) is 7.09. The lowest BCUT2D eigenvalue weighted by Gasteiger charge is -2.16. The summed E-state index contributed by atoms with van der Waals surface area (Å²) < 4.78 is 1.76. The van der Waals surface area contributed by atoms with Crippen molar-refractivity contribution in [1.29, 1.82) is 5.26 Å². The average Bonchev–Trinajstić information content (AvgIpc) is 3.62. The Morgan fingerprint density at radius 2 is 2.03 bits per heavy atom. The fourth-order valence-electron chi connectivity index (χ4n) is 4.45. The fourth-order valence-corrected chi connectivity index (χ4v) is 5.36. The highest BCUT2D eigenvalue weighted by Gasteiger charge is 2.29. The molecule has 1 aliphatic rings. The number of carbonyl (C=O) groups is 2. The SMILES string of the molecule is CC(=O)N[C@@H]1CCN(C(=O)c2cnc(-c3cnc(-c4ccc5cc(C#N)cnn45)cc3NC(C)C)s2)C1. The number of nitrogens with zero attached hydrogens (tertiary/aromatic N) is 6. The van der Waals surface area contributed by atoms with Gasteiger partial charge in [-0.1, -0.05) is 0 Å². The molecule has 11 heteroatoms. The van der Waals surface area contributed by atoms with Gasteiger partial charge in [0.15, 0.2) is 0 Å². The summed E-state index contributed by atoms with van der Waals surface area (Å²) in [6.07, 6.45) is 5.65. The molecule has 0 aromatic carbocycles. The van der Waals surface area contributed by atoms with Gasteiger partial charge in [0, 0.05) is 44.0 Å². The number of anilines is 1. The van der Waals surface area contributed by atoms with E-state index in [1.807, 2.05) is 18.2 Å². The fraction of sp³-hybridized carbons (Fsp3) is 0.308. The van der Waals surface area contributed by atoms with Crippen LogP contribution in [0, 0.1) is 11.3 Å². The summed E-state index contributed by atoms with van der Waals surface area (Å²) in [4.78, 5) is 36.0. The van der Waals surface area contributed by atoms with Crippen LogP contribution >= 0.6 is 11.3 Å². The normalized spacial score (nSPS) is 15.2. The van der Waals surface area contributed by atoms with E-state index in [0.29, 0.717) is 28.5 Å². The van der Waals surface area contributed by atoms with E-state index in [2.05, 4.69) is 40.6 Å². The van der Waals surface area contributed by atoms with Crippen molar-refractivity contribution in [3.8, 4) is 28.0 Å². The van der Waals surface area contributed by atoms with E-state index in [1.54, 1.807) is 27.9 Å². The second-order valence-electron chi connectivity index (χ2n) is 9.29. The summed E-state index contributed by atoms with van der Waals surface area (Å²) in [6, 6.07) is 9.82. The molecule has 2 N–H and O–H groups in total. The minimum Gasteiger partial charge on any atom is -0.382 e. The summed E-state index contributed by atoms with van der Waals surface area (Å²) in [6.45, 7) is 6.69. The molecule has 5 heterocycles. The largest absolute Gasteiger partial charge is 0.382 e. The lowest BCUT2D eigenvalue weighted by atomic mass is 10.1. The van der Waals surface area contributed by atoms with Gasteiger partial charge in [0.1, 0.15) is 16.0 Å². The van der Waals surface area contributed by atoms with Crippen LogP contribution in [0.1, 0.15) is 42.4 Å². The van der Waals surface area contributed by atoms with Gasteiger partial charge in [0.2, 0.25) is 5.91 Å². The highest BCUT2D eigenvalue weighted by Crippen LogP contribution is 2.35. The first-order valence-corrected chi connectivity index (χ1v) is 12.8. The number of thiazole rings is 1. The van der Waals surface area contributed by atoms with Gasteiger partial charge in [-0.05, 0) is 44.5 Å². The van der Waals surface area contributed by atoms with Gasteiger partial charge in [-0.25, -0.2) is 9.50 Å². The Hall–Kier alpha value is -4.30. The Morgan fingerprint density at radius 3 is 2.78 bits per heavy atom. The van der Waals surface area contributed by atoms with Crippen molar-refractivity contribution in [2.45, 2.75) is 39.3 Å². The monoisotopic (exact) mass is 514 g/mol. The lowest BCUT2D eigenvalue weighted by Crippen LogP contribution is -2.37. The van der Waals surface area contributed by atoms with Crippen LogP contribution in [0.2, 0.25) is 0 Å². The predicted molar refractivity (Wildman–Crippen MR) is 141 cm³/mol. The lowest BCUT2D eigenvalue weighted by molar-refractivity contribution is -0.119. The summed E-state index contributed by atoms with van der Waals surface area (Å²) in [7, 11) is 0. The number of rotatable bonds is 6. The maximum Gasteiger partial charge on any atom is 0.265 e. The molecule has 0 radical (unpaired) electrons. The molecule has 5 rings (SSSR count). The van der Waals surface area contributed by atoms with E-state index in [9.17, 15) is 9.59 Å². The highest BCUT2D eigenvalue weighted by atomic mass is 32.1. The van der Waals surface area contributed by atoms with Gasteiger partial charge < -0.3 is 15.5 Å². The number of hydrogen-bond donors (Lipinski definition) is 2. The summed E-state index contributed by atoms with van der Waals surface area (Å²) in [5.41, 5.74) is 4.48. The summed E-state index contributed by atoms with van der Waals surface area (Å²) >= 11 is 1.33. The molecule has 1 saturated heterocycles. The number of carbonyl (C=O) groups excluding carboxylic acids is 2. The molecule has 0 bridgehead atoms. The van der Waals surface area contributed by atoms with Crippen molar-refractivity contribution < 1.29 is 9.59 Å². The first kappa shape index (κ1) is 24.4. The van der Waals surface area contributed by atoms with Crippen LogP contribution in [-0.2, 0) is 4.79 Å². The zero-order chi connectivity index (χ0) is 26.1. The van der Waals surface area contributed by atoms with Gasteiger partial charge in [-0.2, -0.15) is 10.4 Å². The van der Waals surface area contributed by atoms with E-state index < -0.39 is 0 Å². The maximum atomic E-state index is 13.1. The first-order chi connectivity index (χ1) is 17.8. The molecule has 188 valence electrons. The van der Waals surface area contributed by atoms with E-state index >= 15 is 0 Å². The molecular formula is C26H26N8O2S. The quantitative estimate of drug-likeness (QED) is 0.403. The average molecular weight is 515 g/mol. The number of hydrogen-bond acceptors (Lipinski definition) is 8. The standard InChI is InChI=1S/C26H26N8O2S/c1-15(2)31-21-9-22(23-5-4-19-8-17(10-27)11-30-34(19)23)28-12-20(21)25-29-13-24(37-25)26(36)33-7-6-18(14-33)32-16(3)35/h4-5,8-9,11-13,15,18H,6-7,14H2,1-3H3,(H,28,31)(H,32,35)/t18-/m1/s1. The second kappa shape index (κ2) is 9.99. The van der Waals surface area contributed by atoms with Crippen LogP contribution in [0.25, 0.3) is 27.5 Å². The zero-order valence-electron chi connectivity index (χ0n) is 20.7. The number of pyridine rings is 1. The zero-order valence-corrected chi connectivity index (χ0v) is 21.5. The highest BCUT2D eigenvalue weighted by molar-refractivity contribution is 7.17. The van der Waals surface area contributed by atoms with Gasteiger partial charge in [-0.3, -0.25) is 14.6 Å². The van der Waals surface area contributed by atoms with Crippen LogP contribution < -0.4 is 10.6 Å². The Bertz CT molecular complexity index is 1530. The van der Waals surface area contributed by atoms with Crippen molar-refractivity contribution in [3.63, 3.8) is 0 Å². The van der Waals surface area contributed by atoms with Crippen molar-refractivity contribution in [2.24, 2.45) is 0 Å². The first-order valence-electron chi connectivity index (χ1n) is 12.0. The van der Waals surface area contributed by atoms with E-state index in [-0.39, 0.29) is 23.9 Å². The Morgan fingerprint density at radius 1 is 1.19 bits per heavy atom. The van der Waals surface area contributed by atoms with Crippen LogP contribution in [0.3, 0.4) is 0 Å². The molecule has 4 aromatic heterocycles. The molecule has 1 fully saturated rings. The molecule has 2 amide bonds. The number of nitrogens with one attached hydrogen (secondary N) is 2. The molecule has 10 nitrogen and oxygen atoms in total. The van der Waals surface area contributed by atoms with E-state index in [1.165, 1.54) is 24.5 Å². The van der Waals surface area contributed by atoms with Crippen molar-refractivity contribution in [1.82, 2.24) is 29.8 Å². The Kier molecular flexibility index (Phi) is 6.58. The molecule has 0 aliphatic carbocycles. The molecule has 0 unspecified atom stereocenters. The third-order valence-electron chi connectivity index (χ3n) is 6.07. The van der Waals surface area contributed by atoms with Gasteiger partial charge in [-0.15, -0.1) is 11.3 Å². The molecule has 1 atom stereocenters. The minimum atomic E-state index is -0.0867. The topological polar surface area (TPSA) is 128 Å². The smallest absolute Gasteiger partial charge is 0.265 e. The summed E-state index contributed by atoms with van der Waals surface area (Å²) in [5, 5.41) is 20.6. The second-order valence-corrected chi connectivity index (χ2v) is 10.3. The van der Waals surface area contributed by atoms with E-state index in [4.69, 9.17) is 10.2 Å². The molecular weight excluding hydrogens is 488 g/mol. The number of likely N-dealkylation sites (tertiary alicyclic amines) is 1. The van der Waals surface area contributed by atoms with Crippen LogP contribution in [0.15, 0.2) is 42.9 Å². The number of aromatic nitrogens is 4. The molecule has 1 aliphatic heterocycles. The molecule has 4 aromatic rings. The van der Waals surface area contributed by atoms with Crippen LogP contribution in [-0.4, -0.2) is 61.5 Å². The van der Waals surface area contributed by atoms with Gasteiger partial charge >= 0.3 is 0 Å². The third kappa shape index (κ3) is 5.01. The predicted octanol–water partition coefficient (Wildman–Crippen LogP) is 3.56. The van der Waals surface area contributed by atoms with Gasteiger partial charge in [0.05, 0.1) is 40.4 Å². The molecule has 37 heavy (non-hydrogen) atoms. The van der Waals surface area contributed by atoms with Crippen LogP contribution in [0.5, 0.6) is 0 Å². The number of amides is 2. The Labute approximate surface area is 218 Å². The van der Waals surface area contributed by atoms with Crippen LogP contribution in [0.4, 0.5) is 5.69 Å². The number of nitriles is 1. The maximum absolute atomic E-state index is 13.1. The van der Waals surface area contributed by atoms with Crippen molar-refractivity contribution in [3.05, 3.63) is 53.3 Å². The minimum absolute atomic E-state index is 0.0152. The van der Waals surface area contributed by atoms with Gasteiger partial charge in [0.25, 0.3) is 5.91 Å². The Balaban J connectivity index is 1.44. The van der Waals surface area contributed by atoms with E-state index in [0.717, 1.165) is 34.6 Å². The van der Waals surface area contributed by atoms with Crippen molar-refractivity contribution in [2.75, 3.05) is 18.4 Å².